The van der Waals surface area contributed by atoms with Crippen LogP contribution in [-0.4, -0.2) is 10.8 Å². The molecule has 2 aromatic rings. The molecule has 18 heavy (non-hydrogen) atoms. The predicted octanol–water partition coefficient (Wildman–Crippen LogP) is 3.89. The van der Waals surface area contributed by atoms with Crippen LogP contribution in [0, 0.1) is 6.92 Å². The lowest BCUT2D eigenvalue weighted by molar-refractivity contribution is 0.102. The van der Waals surface area contributed by atoms with E-state index in [4.69, 9.17) is 16.3 Å². The number of halogens is 1. The monoisotopic (exact) mass is 281 g/mol. The van der Waals surface area contributed by atoms with Crippen LogP contribution in [0.4, 0.5) is 0 Å². The highest BCUT2D eigenvalue weighted by molar-refractivity contribution is 7.13. The van der Waals surface area contributed by atoms with Crippen LogP contribution in [-0.2, 0) is 6.61 Å². The van der Waals surface area contributed by atoms with E-state index in [1.807, 2.05) is 19.1 Å². The number of hydrogen-bond donors (Lipinski definition) is 0. The van der Waals surface area contributed by atoms with Gasteiger partial charge in [0.1, 0.15) is 17.4 Å². The molecule has 0 saturated heterocycles. The molecule has 0 saturated carbocycles. The lowest BCUT2D eigenvalue weighted by atomic mass is 10.3. The number of rotatable bonds is 4. The number of ether oxygens (including phenoxy) is 1. The van der Waals surface area contributed by atoms with Crippen LogP contribution in [0.15, 0.2) is 24.3 Å². The van der Waals surface area contributed by atoms with Crippen molar-refractivity contribution in [3.63, 3.8) is 0 Å². The SMILES string of the molecule is CC(=O)c1sc(COc2ccccc2Cl)nc1C. The Hall–Kier alpha value is -1.39. The van der Waals surface area contributed by atoms with Crippen molar-refractivity contribution in [1.82, 2.24) is 4.98 Å². The van der Waals surface area contributed by atoms with Crippen LogP contribution in [0.5, 0.6) is 5.75 Å². The van der Waals surface area contributed by atoms with Crippen molar-refractivity contribution in [3.05, 3.63) is 44.9 Å². The lowest BCUT2D eigenvalue weighted by Crippen LogP contribution is -1.95. The second-order valence-electron chi connectivity index (χ2n) is 3.80. The third-order valence-electron chi connectivity index (χ3n) is 2.35. The number of carbonyl (C=O) groups is 1. The Labute approximate surface area is 114 Å². The Morgan fingerprint density at radius 2 is 2.17 bits per heavy atom. The van der Waals surface area contributed by atoms with E-state index in [1.54, 1.807) is 19.1 Å². The van der Waals surface area contributed by atoms with Gasteiger partial charge in [0.25, 0.3) is 0 Å². The molecule has 0 N–H and O–H groups in total. The Morgan fingerprint density at radius 3 is 2.78 bits per heavy atom. The van der Waals surface area contributed by atoms with Gasteiger partial charge < -0.3 is 4.74 Å². The summed E-state index contributed by atoms with van der Waals surface area (Å²) in [6.45, 7) is 3.69. The van der Waals surface area contributed by atoms with Gasteiger partial charge in [-0.05, 0) is 19.1 Å². The van der Waals surface area contributed by atoms with Gasteiger partial charge in [-0.15, -0.1) is 11.3 Å². The minimum absolute atomic E-state index is 0.0361. The molecule has 0 aliphatic rings. The van der Waals surface area contributed by atoms with Gasteiger partial charge in [0, 0.05) is 6.92 Å². The summed E-state index contributed by atoms with van der Waals surface area (Å²) >= 11 is 7.35. The average molecular weight is 282 g/mol. The van der Waals surface area contributed by atoms with Crippen molar-refractivity contribution in [2.75, 3.05) is 0 Å². The minimum atomic E-state index is 0.0361. The molecule has 0 radical (unpaired) electrons. The van der Waals surface area contributed by atoms with E-state index in [2.05, 4.69) is 4.98 Å². The van der Waals surface area contributed by atoms with E-state index in [-0.39, 0.29) is 5.78 Å². The van der Waals surface area contributed by atoms with Crippen molar-refractivity contribution in [3.8, 4) is 5.75 Å². The average Bonchev–Trinajstić information content (AvgIpc) is 2.70. The van der Waals surface area contributed by atoms with Crippen LogP contribution in [0.25, 0.3) is 0 Å². The molecule has 0 fully saturated rings. The Bertz CT molecular complexity index is 580. The highest BCUT2D eigenvalue weighted by Gasteiger charge is 2.12. The third-order valence-corrected chi connectivity index (χ3v) is 3.89. The molecule has 3 nitrogen and oxygen atoms in total. The normalized spacial score (nSPS) is 10.4. The largest absolute Gasteiger partial charge is 0.485 e. The van der Waals surface area contributed by atoms with Gasteiger partial charge in [0.2, 0.25) is 0 Å². The maximum absolute atomic E-state index is 11.3. The van der Waals surface area contributed by atoms with Crippen LogP contribution >= 0.6 is 22.9 Å². The van der Waals surface area contributed by atoms with Crippen molar-refractivity contribution < 1.29 is 9.53 Å². The Morgan fingerprint density at radius 1 is 1.44 bits per heavy atom. The number of nitrogens with zero attached hydrogens (tertiary/aromatic N) is 1. The van der Waals surface area contributed by atoms with Crippen molar-refractivity contribution in [2.24, 2.45) is 0 Å². The molecule has 0 aliphatic carbocycles. The molecule has 0 bridgehead atoms. The van der Waals surface area contributed by atoms with Gasteiger partial charge in [-0.1, -0.05) is 23.7 Å². The van der Waals surface area contributed by atoms with E-state index >= 15 is 0 Å². The third kappa shape index (κ3) is 2.89. The van der Waals surface area contributed by atoms with Gasteiger partial charge in [-0.25, -0.2) is 4.98 Å². The van der Waals surface area contributed by atoms with Gasteiger partial charge in [-0.2, -0.15) is 0 Å². The smallest absolute Gasteiger partial charge is 0.171 e. The summed E-state index contributed by atoms with van der Waals surface area (Å²) in [4.78, 5) is 16.3. The second-order valence-corrected chi connectivity index (χ2v) is 5.29. The van der Waals surface area contributed by atoms with Crippen LogP contribution in [0.3, 0.4) is 0 Å². The summed E-state index contributed by atoms with van der Waals surface area (Å²) in [6, 6.07) is 7.27. The number of aromatic nitrogens is 1. The number of thiazole rings is 1. The Kier molecular flexibility index (Phi) is 3.99. The molecule has 0 spiro atoms. The topological polar surface area (TPSA) is 39.2 Å². The summed E-state index contributed by atoms with van der Waals surface area (Å²) in [6.07, 6.45) is 0. The summed E-state index contributed by atoms with van der Waals surface area (Å²) in [7, 11) is 0. The van der Waals surface area contributed by atoms with E-state index in [0.29, 0.717) is 22.3 Å². The molecule has 0 amide bonds. The molecule has 1 aromatic heterocycles. The molecule has 5 heteroatoms. The standard InChI is InChI=1S/C13H12ClNO2S/c1-8-13(9(2)16)18-12(15-8)7-17-11-6-4-3-5-10(11)14/h3-6H,7H2,1-2H3. The van der Waals surface area contributed by atoms with E-state index in [9.17, 15) is 4.79 Å². The van der Waals surface area contributed by atoms with Gasteiger partial charge in [0.15, 0.2) is 5.78 Å². The van der Waals surface area contributed by atoms with Gasteiger partial charge in [0.05, 0.1) is 15.6 Å². The molecule has 94 valence electrons. The number of benzene rings is 1. The summed E-state index contributed by atoms with van der Waals surface area (Å²) < 4.78 is 5.58. The predicted molar refractivity (Wildman–Crippen MR) is 72.6 cm³/mol. The highest BCUT2D eigenvalue weighted by atomic mass is 35.5. The van der Waals surface area contributed by atoms with Crippen molar-refractivity contribution >= 4 is 28.7 Å². The first-order chi connectivity index (χ1) is 8.58. The fourth-order valence-corrected chi connectivity index (χ4v) is 2.61. The first kappa shape index (κ1) is 13.1. The van der Waals surface area contributed by atoms with Gasteiger partial charge >= 0.3 is 0 Å². The number of ketones is 1. The number of carbonyl (C=O) groups excluding carboxylic acids is 1. The van der Waals surface area contributed by atoms with Crippen LogP contribution < -0.4 is 4.74 Å². The highest BCUT2D eigenvalue weighted by Crippen LogP contribution is 2.25. The van der Waals surface area contributed by atoms with E-state index in [0.717, 1.165) is 10.7 Å². The maximum atomic E-state index is 11.3. The number of hydrogen-bond acceptors (Lipinski definition) is 4. The fourth-order valence-electron chi connectivity index (χ4n) is 1.54. The number of aryl methyl sites for hydroxylation is 1. The van der Waals surface area contributed by atoms with Crippen molar-refractivity contribution in [1.29, 1.82) is 0 Å². The molecule has 0 atom stereocenters. The maximum Gasteiger partial charge on any atom is 0.171 e. The molecule has 1 heterocycles. The quantitative estimate of drug-likeness (QED) is 0.798. The molecule has 2 rings (SSSR count). The minimum Gasteiger partial charge on any atom is -0.485 e. The lowest BCUT2D eigenvalue weighted by Gasteiger charge is -2.05. The zero-order chi connectivity index (χ0) is 13.1. The van der Waals surface area contributed by atoms with Crippen molar-refractivity contribution in [2.45, 2.75) is 20.5 Å². The number of Topliss-reactive ketones (excluding diaryl/α,β-unsaturated/α-hetero) is 1. The van der Waals surface area contributed by atoms with E-state index < -0.39 is 0 Å². The molecule has 0 unspecified atom stereocenters. The molecule has 0 aliphatic heterocycles. The summed E-state index contributed by atoms with van der Waals surface area (Å²) in [5, 5.41) is 1.34. The van der Waals surface area contributed by atoms with Crippen LogP contribution in [0.1, 0.15) is 27.3 Å². The van der Waals surface area contributed by atoms with Crippen LogP contribution in [0.2, 0.25) is 5.02 Å². The number of para-hydroxylation sites is 1. The summed E-state index contributed by atoms with van der Waals surface area (Å²) in [5.41, 5.74) is 0.755. The Balaban J connectivity index is 2.09. The fraction of sp³-hybridized carbons (Fsp3) is 0.231. The molecule has 1 aromatic carbocycles. The van der Waals surface area contributed by atoms with E-state index in [1.165, 1.54) is 11.3 Å². The first-order valence-electron chi connectivity index (χ1n) is 5.42. The van der Waals surface area contributed by atoms with Gasteiger partial charge in [-0.3, -0.25) is 4.79 Å². The zero-order valence-electron chi connectivity index (χ0n) is 10.1. The molecular formula is C13H12ClNO2S. The first-order valence-corrected chi connectivity index (χ1v) is 6.62. The zero-order valence-corrected chi connectivity index (χ0v) is 11.6. The second kappa shape index (κ2) is 5.50. The summed E-state index contributed by atoms with van der Waals surface area (Å²) in [5.74, 6) is 0.658. The molecular weight excluding hydrogens is 270 g/mol.